The number of carbonyl (C=O) groups is 2. The van der Waals surface area contributed by atoms with Crippen molar-refractivity contribution in [1.29, 1.82) is 0 Å². The van der Waals surface area contributed by atoms with Crippen molar-refractivity contribution in [2.45, 2.75) is 50.7 Å². The number of amides is 2. The smallest absolute Gasteiger partial charge is 0.247 e. The number of methoxy groups -OCH3 is 1. The highest BCUT2D eigenvalue weighted by atomic mass is 35.5. The monoisotopic (exact) mass is 564 g/mol. The number of rotatable bonds is 9. The number of hydrogen-bond donors (Lipinski definition) is 4. The maximum absolute atomic E-state index is 13.3. The highest BCUT2D eigenvalue weighted by molar-refractivity contribution is 6.35. The van der Waals surface area contributed by atoms with Gasteiger partial charge in [-0.25, -0.2) is 0 Å². The quantitative estimate of drug-likeness (QED) is 0.368. The van der Waals surface area contributed by atoms with Crippen LogP contribution in [0.5, 0.6) is 11.5 Å². The predicted octanol–water partition coefficient (Wildman–Crippen LogP) is 2.56. The molecular formula is C27H30Cl2N2O7. The zero-order valence-electron chi connectivity index (χ0n) is 21.0. The molecular weight excluding hydrogens is 535 g/mol. The fourth-order valence-corrected chi connectivity index (χ4v) is 5.48. The molecule has 2 aliphatic rings. The number of fused-ring (bicyclic) bond motifs is 3. The minimum atomic E-state index is -1.22. The second kappa shape index (κ2) is 11.9. The summed E-state index contributed by atoms with van der Waals surface area (Å²) in [7, 11) is 1.46. The van der Waals surface area contributed by atoms with E-state index in [9.17, 15) is 24.9 Å². The van der Waals surface area contributed by atoms with Crippen LogP contribution in [0.2, 0.25) is 10.0 Å². The molecule has 2 amide bonds. The molecule has 0 aromatic heterocycles. The van der Waals surface area contributed by atoms with Crippen molar-refractivity contribution in [2.75, 3.05) is 20.3 Å². The fraction of sp³-hybridized carbons (Fsp3) is 0.407. The van der Waals surface area contributed by atoms with Crippen LogP contribution in [0.3, 0.4) is 0 Å². The van der Waals surface area contributed by atoms with Gasteiger partial charge in [0.15, 0.2) is 11.5 Å². The molecule has 2 aromatic rings. The van der Waals surface area contributed by atoms with Crippen molar-refractivity contribution >= 4 is 35.0 Å². The van der Waals surface area contributed by atoms with E-state index < -0.39 is 30.1 Å². The molecule has 11 heteroatoms. The molecule has 204 valence electrons. The van der Waals surface area contributed by atoms with Crippen LogP contribution in [0.25, 0.3) is 0 Å². The molecule has 0 fully saturated rings. The molecule has 0 saturated heterocycles. The highest BCUT2D eigenvalue weighted by Crippen LogP contribution is 2.51. The summed E-state index contributed by atoms with van der Waals surface area (Å²) >= 11 is 12.4. The molecule has 4 atom stereocenters. The zero-order chi connectivity index (χ0) is 27.6. The van der Waals surface area contributed by atoms with Crippen LogP contribution < -0.4 is 14.8 Å². The van der Waals surface area contributed by atoms with Crippen molar-refractivity contribution in [3.8, 4) is 11.5 Å². The van der Waals surface area contributed by atoms with E-state index in [-0.39, 0.29) is 44.2 Å². The Morgan fingerprint density at radius 3 is 2.58 bits per heavy atom. The maximum atomic E-state index is 13.3. The second-order valence-electron chi connectivity index (χ2n) is 9.13. The van der Waals surface area contributed by atoms with Crippen molar-refractivity contribution in [3.05, 3.63) is 68.7 Å². The van der Waals surface area contributed by atoms with Crippen LogP contribution in [-0.4, -0.2) is 70.5 Å². The lowest BCUT2D eigenvalue weighted by Crippen LogP contribution is -2.55. The Hall–Kier alpha value is -2.82. The number of halogens is 2. The highest BCUT2D eigenvalue weighted by Gasteiger charge is 2.51. The van der Waals surface area contributed by atoms with Gasteiger partial charge in [0.1, 0.15) is 12.2 Å². The summed E-state index contributed by atoms with van der Waals surface area (Å²) in [5.41, 5.74) is 2.02. The van der Waals surface area contributed by atoms with E-state index in [1.807, 2.05) is 0 Å². The summed E-state index contributed by atoms with van der Waals surface area (Å²) in [4.78, 5) is 28.0. The molecule has 0 unspecified atom stereocenters. The van der Waals surface area contributed by atoms with Crippen LogP contribution in [0, 0.1) is 0 Å². The molecule has 0 radical (unpaired) electrons. The Labute approximate surface area is 230 Å². The zero-order valence-corrected chi connectivity index (χ0v) is 22.5. The SMILES string of the molecule is CCC(=O)N(Cc1ccc(Cl)cc1Cl)[C@@H]1C=C(C(=O)NCCO)[C@@H]2c3cc(CO)cc(OC)c3O[C@@H]2[C@H]1O. The van der Waals surface area contributed by atoms with E-state index in [2.05, 4.69) is 5.32 Å². The van der Waals surface area contributed by atoms with Gasteiger partial charge in [0.2, 0.25) is 11.8 Å². The number of hydrogen-bond acceptors (Lipinski definition) is 7. The number of ether oxygens (including phenoxy) is 2. The minimum Gasteiger partial charge on any atom is -0.493 e. The van der Waals surface area contributed by atoms with Crippen LogP contribution in [-0.2, 0) is 22.7 Å². The molecule has 9 nitrogen and oxygen atoms in total. The summed E-state index contributed by atoms with van der Waals surface area (Å²) in [6.07, 6.45) is -0.417. The third-order valence-electron chi connectivity index (χ3n) is 6.83. The van der Waals surface area contributed by atoms with Crippen molar-refractivity contribution in [2.24, 2.45) is 0 Å². The molecule has 1 aliphatic carbocycles. The van der Waals surface area contributed by atoms with E-state index in [1.165, 1.54) is 12.0 Å². The number of aliphatic hydroxyl groups excluding tert-OH is 3. The van der Waals surface area contributed by atoms with Crippen LogP contribution in [0.15, 0.2) is 42.0 Å². The van der Waals surface area contributed by atoms with Gasteiger partial charge in [-0.05, 0) is 41.5 Å². The van der Waals surface area contributed by atoms with Crippen LogP contribution in [0.1, 0.15) is 36.0 Å². The van der Waals surface area contributed by atoms with E-state index >= 15 is 0 Å². The molecule has 38 heavy (non-hydrogen) atoms. The molecule has 1 heterocycles. The average molecular weight is 565 g/mol. The Bertz CT molecular complexity index is 1250. The predicted molar refractivity (Wildman–Crippen MR) is 141 cm³/mol. The van der Waals surface area contributed by atoms with Crippen LogP contribution >= 0.6 is 23.2 Å². The van der Waals surface area contributed by atoms with E-state index in [4.69, 9.17) is 32.7 Å². The van der Waals surface area contributed by atoms with Gasteiger partial charge < -0.3 is 35.0 Å². The van der Waals surface area contributed by atoms with Gasteiger partial charge in [-0.3, -0.25) is 9.59 Å². The topological polar surface area (TPSA) is 129 Å². The summed E-state index contributed by atoms with van der Waals surface area (Å²) in [5.74, 6) is -0.721. The first-order chi connectivity index (χ1) is 18.2. The Morgan fingerprint density at radius 2 is 1.95 bits per heavy atom. The molecule has 4 N–H and O–H groups in total. The standard InChI is InChI=1S/C27H30Cl2N2O7/c1-3-22(34)31(12-15-4-5-16(28)10-19(15)29)20-11-18(27(36)30-6-7-32)23-17-8-14(13-33)9-21(37-2)25(17)38-26(23)24(20)35/h4-5,8-11,20,23-24,26,32-33,35H,3,6-7,12-13H2,1-2H3,(H,30,36)/t20-,23+,24+,26+/m1/s1. The maximum Gasteiger partial charge on any atom is 0.247 e. The number of aliphatic hydroxyl groups is 3. The fourth-order valence-electron chi connectivity index (χ4n) is 5.02. The third-order valence-corrected chi connectivity index (χ3v) is 7.42. The van der Waals surface area contributed by atoms with Crippen molar-refractivity contribution < 1.29 is 34.4 Å². The van der Waals surface area contributed by atoms with Crippen molar-refractivity contribution in [1.82, 2.24) is 10.2 Å². The third kappa shape index (κ3) is 5.34. The lowest BCUT2D eigenvalue weighted by Gasteiger charge is -2.40. The second-order valence-corrected chi connectivity index (χ2v) is 9.97. The lowest BCUT2D eigenvalue weighted by atomic mass is 9.77. The number of benzene rings is 2. The Morgan fingerprint density at radius 1 is 1.18 bits per heavy atom. The van der Waals surface area contributed by atoms with Gasteiger partial charge in [0.05, 0.1) is 32.3 Å². The summed E-state index contributed by atoms with van der Waals surface area (Å²) in [6.45, 7) is 1.27. The van der Waals surface area contributed by atoms with Gasteiger partial charge in [-0.1, -0.05) is 36.2 Å². The van der Waals surface area contributed by atoms with E-state index in [0.717, 1.165) is 0 Å². The first-order valence-electron chi connectivity index (χ1n) is 12.2. The molecule has 0 saturated carbocycles. The Kier molecular flexibility index (Phi) is 8.85. The van der Waals surface area contributed by atoms with E-state index in [1.54, 1.807) is 43.3 Å². The normalized spacial score (nSPS) is 21.6. The summed E-state index contributed by atoms with van der Waals surface area (Å²) in [6, 6.07) is 7.36. The summed E-state index contributed by atoms with van der Waals surface area (Å²) in [5, 5.41) is 34.1. The van der Waals surface area contributed by atoms with Gasteiger partial charge in [-0.15, -0.1) is 0 Å². The number of nitrogens with zero attached hydrogens (tertiary/aromatic N) is 1. The largest absolute Gasteiger partial charge is 0.493 e. The van der Waals surface area contributed by atoms with E-state index in [0.29, 0.717) is 38.2 Å². The molecule has 4 rings (SSSR count). The molecule has 2 aromatic carbocycles. The summed E-state index contributed by atoms with van der Waals surface area (Å²) < 4.78 is 11.7. The van der Waals surface area contributed by atoms with Gasteiger partial charge >= 0.3 is 0 Å². The number of carbonyl (C=O) groups excluding carboxylic acids is 2. The lowest BCUT2D eigenvalue weighted by molar-refractivity contribution is -0.137. The average Bonchev–Trinajstić information content (AvgIpc) is 3.31. The number of nitrogens with one attached hydrogen (secondary N) is 1. The van der Waals surface area contributed by atoms with Gasteiger partial charge in [0, 0.05) is 40.7 Å². The van der Waals surface area contributed by atoms with Crippen molar-refractivity contribution in [3.63, 3.8) is 0 Å². The first kappa shape index (κ1) is 28.2. The first-order valence-corrected chi connectivity index (χ1v) is 13.0. The van der Waals surface area contributed by atoms with Gasteiger partial charge in [-0.2, -0.15) is 0 Å². The minimum absolute atomic E-state index is 0.0203. The molecule has 0 spiro atoms. The Balaban J connectivity index is 1.82. The van der Waals surface area contributed by atoms with Gasteiger partial charge in [0.25, 0.3) is 0 Å². The molecule has 1 aliphatic heterocycles. The molecule has 0 bridgehead atoms. The van der Waals surface area contributed by atoms with Crippen LogP contribution in [0.4, 0.5) is 0 Å².